The number of pyridine rings is 1. The second kappa shape index (κ2) is 9.92. The van der Waals surface area contributed by atoms with Crippen molar-refractivity contribution in [3.63, 3.8) is 0 Å². The molecule has 0 aliphatic heterocycles. The number of aromatic nitrogens is 5. The van der Waals surface area contributed by atoms with Crippen molar-refractivity contribution >= 4 is 17.1 Å². The van der Waals surface area contributed by atoms with E-state index in [0.29, 0.717) is 54.5 Å². The van der Waals surface area contributed by atoms with E-state index in [1.54, 1.807) is 16.7 Å². The first-order valence-corrected chi connectivity index (χ1v) is 14.6. The number of nitrogens with one attached hydrogen (secondary N) is 2. The van der Waals surface area contributed by atoms with Gasteiger partial charge in [-0.1, -0.05) is 19.1 Å². The van der Waals surface area contributed by atoms with Crippen molar-refractivity contribution in [2.45, 2.75) is 70.4 Å². The lowest BCUT2D eigenvalue weighted by Crippen LogP contribution is -2.56. The van der Waals surface area contributed by atoms with Gasteiger partial charge < -0.3 is 15.0 Å². The summed E-state index contributed by atoms with van der Waals surface area (Å²) < 4.78 is 34.8. The van der Waals surface area contributed by atoms with Gasteiger partial charge in [-0.15, -0.1) is 0 Å². The molecule has 41 heavy (non-hydrogen) atoms. The molecule has 4 saturated carbocycles. The molecule has 10 heteroatoms. The number of H-pyrrole nitrogens is 1. The van der Waals surface area contributed by atoms with E-state index in [2.05, 4.69) is 15.3 Å². The average Bonchev–Trinajstić information content (AvgIpc) is 3.38. The van der Waals surface area contributed by atoms with Gasteiger partial charge in [-0.3, -0.25) is 9.36 Å². The van der Waals surface area contributed by atoms with E-state index in [0.717, 1.165) is 49.9 Å². The van der Waals surface area contributed by atoms with Crippen LogP contribution in [0.4, 0.5) is 14.7 Å². The van der Waals surface area contributed by atoms with Crippen molar-refractivity contribution in [3.8, 4) is 5.88 Å². The number of hydrogen-bond acceptors (Lipinski definition) is 6. The molecule has 3 aromatic heterocycles. The minimum absolute atomic E-state index is 0.00730. The van der Waals surface area contributed by atoms with Crippen LogP contribution in [0.2, 0.25) is 0 Å². The Morgan fingerprint density at radius 2 is 1.93 bits per heavy atom. The Labute approximate surface area is 236 Å². The van der Waals surface area contributed by atoms with E-state index in [9.17, 15) is 13.6 Å². The molecular formula is C31H34F2N6O2. The summed E-state index contributed by atoms with van der Waals surface area (Å²) in [6.07, 6.45) is 8.36. The summed E-state index contributed by atoms with van der Waals surface area (Å²) in [5.74, 6) is 2.19. The number of halogens is 2. The maximum atomic E-state index is 13.7. The Balaban J connectivity index is 1.20. The van der Waals surface area contributed by atoms with Gasteiger partial charge in [0.2, 0.25) is 11.8 Å². The second-order valence-electron chi connectivity index (χ2n) is 12.5. The fourth-order valence-electron chi connectivity index (χ4n) is 8.20. The molecule has 214 valence electrons. The normalized spacial score (nSPS) is 26.5. The number of fused-ring (bicyclic) bond motifs is 1. The van der Waals surface area contributed by atoms with Crippen LogP contribution >= 0.6 is 0 Å². The minimum Gasteiger partial charge on any atom is -0.477 e. The van der Waals surface area contributed by atoms with Crippen LogP contribution in [0, 0.1) is 28.9 Å². The molecule has 4 aliphatic carbocycles. The van der Waals surface area contributed by atoms with Crippen LogP contribution in [-0.4, -0.2) is 31.1 Å². The van der Waals surface area contributed by atoms with E-state index in [1.165, 1.54) is 30.8 Å². The first-order chi connectivity index (χ1) is 19.8. The Kier molecular flexibility index (Phi) is 6.32. The number of rotatable bonds is 9. The fraction of sp³-hybridized carbons (Fsp3) is 0.484. The van der Waals surface area contributed by atoms with Crippen LogP contribution < -0.4 is 15.6 Å². The smallest absolute Gasteiger partial charge is 0.280 e. The van der Waals surface area contributed by atoms with Crippen molar-refractivity contribution in [1.29, 1.82) is 0 Å². The first-order valence-electron chi connectivity index (χ1n) is 14.6. The van der Waals surface area contributed by atoms with Crippen LogP contribution in [0.15, 0.2) is 47.4 Å². The Hall–Kier alpha value is -3.82. The van der Waals surface area contributed by atoms with Crippen LogP contribution in [0.25, 0.3) is 11.2 Å². The molecule has 0 radical (unpaired) electrons. The summed E-state index contributed by atoms with van der Waals surface area (Å²) in [4.78, 5) is 31.0. The van der Waals surface area contributed by atoms with Crippen LogP contribution in [-0.2, 0) is 18.5 Å². The summed E-state index contributed by atoms with van der Waals surface area (Å²) in [6.45, 7) is 3.41. The summed E-state index contributed by atoms with van der Waals surface area (Å²) >= 11 is 0. The van der Waals surface area contributed by atoms with Gasteiger partial charge >= 0.3 is 0 Å². The second-order valence-corrected chi connectivity index (χ2v) is 12.5. The molecule has 3 heterocycles. The van der Waals surface area contributed by atoms with E-state index < -0.39 is 0 Å². The predicted octanol–water partition coefficient (Wildman–Crippen LogP) is 5.73. The van der Waals surface area contributed by atoms with E-state index in [4.69, 9.17) is 14.7 Å². The molecule has 4 aliphatic rings. The predicted molar refractivity (Wildman–Crippen MR) is 151 cm³/mol. The SMILES string of the molecule is CCCn1c(NCc2cccc(F)c2)nc2nc(C34CC5CC(CC(COc6ccc(F)cn6)(C5)C3)C4)[nH]c2c1=O. The van der Waals surface area contributed by atoms with E-state index in [1.807, 2.05) is 13.0 Å². The zero-order valence-electron chi connectivity index (χ0n) is 23.1. The molecule has 4 aromatic rings. The zero-order valence-corrected chi connectivity index (χ0v) is 23.1. The number of aromatic amines is 1. The highest BCUT2D eigenvalue weighted by molar-refractivity contribution is 5.71. The summed E-state index contributed by atoms with van der Waals surface area (Å²) in [6, 6.07) is 9.34. The highest BCUT2D eigenvalue weighted by Crippen LogP contribution is 2.65. The van der Waals surface area contributed by atoms with Crippen molar-refractivity contribution in [3.05, 3.63) is 76.0 Å². The van der Waals surface area contributed by atoms with Crippen LogP contribution in [0.1, 0.15) is 63.3 Å². The Bertz CT molecular complexity index is 1630. The van der Waals surface area contributed by atoms with Gasteiger partial charge in [0, 0.05) is 30.0 Å². The molecule has 4 fully saturated rings. The molecule has 2 N–H and O–H groups in total. The lowest BCUT2D eigenvalue weighted by molar-refractivity contribution is -0.0941. The Morgan fingerprint density at radius 3 is 2.66 bits per heavy atom. The highest BCUT2D eigenvalue weighted by atomic mass is 19.1. The van der Waals surface area contributed by atoms with Crippen molar-refractivity contribution in [2.75, 3.05) is 11.9 Å². The lowest BCUT2D eigenvalue weighted by Gasteiger charge is -2.61. The number of benzene rings is 1. The third-order valence-corrected chi connectivity index (χ3v) is 9.31. The third-order valence-electron chi connectivity index (χ3n) is 9.31. The average molecular weight is 561 g/mol. The fourth-order valence-corrected chi connectivity index (χ4v) is 8.20. The third kappa shape index (κ3) is 4.77. The molecule has 8 rings (SSSR count). The largest absolute Gasteiger partial charge is 0.477 e. The van der Waals surface area contributed by atoms with Gasteiger partial charge in [-0.2, -0.15) is 4.98 Å². The number of anilines is 1. The quantitative estimate of drug-likeness (QED) is 0.271. The number of imidazole rings is 1. The standard InChI is InChI=1S/C31H34F2N6O2/c1-2-8-39-27(40)25-26(38-29(39)35-15-19-4-3-5-22(32)10-19)37-28(36-25)31-13-20-9-21(14-31)12-30(11-20,17-31)18-41-24-7-6-23(33)16-34-24/h3-7,10,16,20-21H,2,8-9,11-15,17-18H2,1H3,(H,35,38)(H,36,37). The lowest BCUT2D eigenvalue weighted by atomic mass is 9.44. The summed E-state index contributed by atoms with van der Waals surface area (Å²) in [5, 5.41) is 3.25. The molecule has 2 atom stereocenters. The van der Waals surface area contributed by atoms with Crippen molar-refractivity contribution in [2.24, 2.45) is 17.3 Å². The van der Waals surface area contributed by atoms with Crippen LogP contribution in [0.3, 0.4) is 0 Å². The minimum atomic E-state index is -0.380. The van der Waals surface area contributed by atoms with Crippen molar-refractivity contribution < 1.29 is 13.5 Å². The zero-order chi connectivity index (χ0) is 28.2. The summed E-state index contributed by atoms with van der Waals surface area (Å²) in [5.41, 5.74) is 1.29. The van der Waals surface area contributed by atoms with Gasteiger partial charge in [-0.25, -0.2) is 18.7 Å². The molecule has 8 nitrogen and oxygen atoms in total. The van der Waals surface area contributed by atoms with Gasteiger partial charge in [0.25, 0.3) is 5.56 Å². The first kappa shape index (κ1) is 26.1. The maximum Gasteiger partial charge on any atom is 0.280 e. The number of hydrogen-bond donors (Lipinski definition) is 2. The van der Waals surface area contributed by atoms with Gasteiger partial charge in [0.1, 0.15) is 17.5 Å². The van der Waals surface area contributed by atoms with Crippen molar-refractivity contribution in [1.82, 2.24) is 24.5 Å². The van der Waals surface area contributed by atoms with E-state index in [-0.39, 0.29) is 28.0 Å². The molecule has 2 unspecified atom stereocenters. The molecular weight excluding hydrogens is 526 g/mol. The highest BCUT2D eigenvalue weighted by Gasteiger charge is 2.59. The maximum absolute atomic E-state index is 13.7. The Morgan fingerprint density at radius 1 is 1.10 bits per heavy atom. The molecule has 1 aromatic carbocycles. The number of ether oxygens (including phenoxy) is 1. The molecule has 0 saturated heterocycles. The van der Waals surface area contributed by atoms with E-state index >= 15 is 0 Å². The van der Waals surface area contributed by atoms with Gasteiger partial charge in [0.15, 0.2) is 11.2 Å². The van der Waals surface area contributed by atoms with Crippen LogP contribution in [0.5, 0.6) is 5.88 Å². The topological polar surface area (TPSA) is 97.7 Å². The van der Waals surface area contributed by atoms with Gasteiger partial charge in [0.05, 0.1) is 12.8 Å². The molecule has 4 bridgehead atoms. The molecule has 0 amide bonds. The molecule has 0 spiro atoms. The monoisotopic (exact) mass is 560 g/mol. The van der Waals surface area contributed by atoms with Gasteiger partial charge in [-0.05, 0) is 80.5 Å². The number of nitrogens with zero attached hydrogens (tertiary/aromatic N) is 4. The summed E-state index contributed by atoms with van der Waals surface area (Å²) in [7, 11) is 0.